The van der Waals surface area contributed by atoms with E-state index < -0.39 is 23.8 Å². The molecule has 0 bridgehead atoms. The molecule has 0 unspecified atom stereocenters. The number of amides is 2. The molecule has 2 amide bonds. The number of ether oxygens (including phenoxy) is 1. The summed E-state index contributed by atoms with van der Waals surface area (Å²) >= 11 is 0. The van der Waals surface area contributed by atoms with Crippen LogP contribution in [0.2, 0.25) is 0 Å². The molecule has 0 aliphatic heterocycles. The van der Waals surface area contributed by atoms with Crippen LogP contribution in [0.3, 0.4) is 0 Å². The van der Waals surface area contributed by atoms with Crippen molar-refractivity contribution in [2.75, 3.05) is 7.11 Å². The third kappa shape index (κ3) is 3.89. The SMILES string of the molecule is COC(=O)[C@H](Cc1ccccc1)NC(=O)C(N)=O. The van der Waals surface area contributed by atoms with Crippen molar-refractivity contribution in [1.82, 2.24) is 5.32 Å². The first-order valence-corrected chi connectivity index (χ1v) is 5.26. The van der Waals surface area contributed by atoms with Gasteiger partial charge in [0, 0.05) is 6.42 Å². The summed E-state index contributed by atoms with van der Waals surface area (Å²) in [7, 11) is 1.21. The average molecular weight is 250 g/mol. The number of primary amides is 1. The largest absolute Gasteiger partial charge is 0.467 e. The minimum atomic E-state index is -1.14. The van der Waals surface area contributed by atoms with Crippen molar-refractivity contribution in [1.29, 1.82) is 0 Å². The van der Waals surface area contributed by atoms with E-state index in [2.05, 4.69) is 10.1 Å². The molecule has 1 aromatic rings. The molecule has 0 spiro atoms. The van der Waals surface area contributed by atoms with Gasteiger partial charge in [-0.25, -0.2) is 4.79 Å². The van der Waals surface area contributed by atoms with Gasteiger partial charge in [0.25, 0.3) is 0 Å². The maximum Gasteiger partial charge on any atom is 0.328 e. The summed E-state index contributed by atoms with van der Waals surface area (Å²) in [5, 5.41) is 2.23. The average Bonchev–Trinajstić information content (AvgIpc) is 2.38. The number of rotatable bonds is 4. The van der Waals surface area contributed by atoms with Crippen LogP contribution in [0.5, 0.6) is 0 Å². The van der Waals surface area contributed by atoms with Gasteiger partial charge in [0.05, 0.1) is 7.11 Å². The highest BCUT2D eigenvalue weighted by atomic mass is 16.5. The van der Waals surface area contributed by atoms with E-state index in [9.17, 15) is 14.4 Å². The molecule has 0 saturated heterocycles. The minimum absolute atomic E-state index is 0.229. The van der Waals surface area contributed by atoms with Crippen LogP contribution in [0.25, 0.3) is 0 Å². The fraction of sp³-hybridized carbons (Fsp3) is 0.250. The normalized spacial score (nSPS) is 11.4. The summed E-state index contributed by atoms with van der Waals surface area (Å²) in [4.78, 5) is 33.3. The highest BCUT2D eigenvalue weighted by Crippen LogP contribution is 2.04. The van der Waals surface area contributed by atoms with Crippen LogP contribution >= 0.6 is 0 Å². The molecule has 1 rings (SSSR count). The number of hydrogen-bond donors (Lipinski definition) is 2. The van der Waals surface area contributed by atoms with Crippen molar-refractivity contribution in [2.45, 2.75) is 12.5 Å². The highest BCUT2D eigenvalue weighted by Gasteiger charge is 2.23. The van der Waals surface area contributed by atoms with E-state index in [0.717, 1.165) is 5.56 Å². The molecule has 1 aromatic carbocycles. The molecular weight excluding hydrogens is 236 g/mol. The van der Waals surface area contributed by atoms with Crippen LogP contribution in [0, 0.1) is 0 Å². The molecule has 96 valence electrons. The first-order chi connectivity index (χ1) is 8.54. The summed E-state index contributed by atoms with van der Waals surface area (Å²) in [5.74, 6) is -2.79. The zero-order valence-electron chi connectivity index (χ0n) is 9.88. The minimum Gasteiger partial charge on any atom is -0.467 e. The van der Waals surface area contributed by atoms with Gasteiger partial charge < -0.3 is 15.8 Å². The lowest BCUT2D eigenvalue weighted by molar-refractivity contribution is -0.146. The third-order valence-electron chi connectivity index (χ3n) is 2.30. The zero-order valence-corrected chi connectivity index (χ0v) is 9.88. The number of nitrogens with two attached hydrogens (primary N) is 1. The van der Waals surface area contributed by atoms with Crippen molar-refractivity contribution in [3.63, 3.8) is 0 Å². The van der Waals surface area contributed by atoms with Crippen molar-refractivity contribution >= 4 is 17.8 Å². The van der Waals surface area contributed by atoms with Crippen LogP contribution in [0.15, 0.2) is 30.3 Å². The summed E-state index contributed by atoms with van der Waals surface area (Å²) < 4.78 is 4.56. The van der Waals surface area contributed by atoms with E-state index in [1.807, 2.05) is 6.07 Å². The number of carbonyl (C=O) groups is 3. The number of benzene rings is 1. The molecule has 0 aliphatic carbocycles. The summed E-state index contributed by atoms with van der Waals surface area (Å²) in [6.07, 6.45) is 0.229. The predicted octanol–water partition coefficient (Wildman–Crippen LogP) is -0.628. The maximum absolute atomic E-state index is 11.5. The van der Waals surface area contributed by atoms with Crippen molar-refractivity contribution in [2.24, 2.45) is 5.73 Å². The van der Waals surface area contributed by atoms with Crippen molar-refractivity contribution in [3.8, 4) is 0 Å². The van der Waals surface area contributed by atoms with E-state index in [-0.39, 0.29) is 6.42 Å². The highest BCUT2D eigenvalue weighted by molar-refractivity contribution is 6.34. The van der Waals surface area contributed by atoms with Gasteiger partial charge >= 0.3 is 17.8 Å². The Morgan fingerprint density at radius 2 is 1.89 bits per heavy atom. The molecule has 0 saturated carbocycles. The molecular formula is C12H14N2O4. The lowest BCUT2D eigenvalue weighted by Crippen LogP contribution is -2.47. The molecule has 6 heteroatoms. The first kappa shape index (κ1) is 13.7. The van der Waals surface area contributed by atoms with Crippen LogP contribution in [-0.4, -0.2) is 30.9 Å². The van der Waals surface area contributed by atoms with E-state index in [0.29, 0.717) is 0 Å². The van der Waals surface area contributed by atoms with E-state index in [1.165, 1.54) is 7.11 Å². The van der Waals surface area contributed by atoms with Gasteiger partial charge in [-0.2, -0.15) is 0 Å². The fourth-order valence-electron chi connectivity index (χ4n) is 1.41. The van der Waals surface area contributed by atoms with Crippen molar-refractivity contribution < 1.29 is 19.1 Å². The topological polar surface area (TPSA) is 98.5 Å². The van der Waals surface area contributed by atoms with Crippen LogP contribution in [0.1, 0.15) is 5.56 Å². The lowest BCUT2D eigenvalue weighted by Gasteiger charge is -2.15. The van der Waals surface area contributed by atoms with Crippen LogP contribution in [0.4, 0.5) is 0 Å². The lowest BCUT2D eigenvalue weighted by atomic mass is 10.1. The Morgan fingerprint density at radius 3 is 2.39 bits per heavy atom. The van der Waals surface area contributed by atoms with E-state index in [4.69, 9.17) is 5.73 Å². The maximum atomic E-state index is 11.5. The molecule has 0 radical (unpaired) electrons. The zero-order chi connectivity index (χ0) is 13.5. The van der Waals surface area contributed by atoms with E-state index >= 15 is 0 Å². The second-order valence-electron chi connectivity index (χ2n) is 3.60. The Hall–Kier alpha value is -2.37. The fourth-order valence-corrected chi connectivity index (χ4v) is 1.41. The number of nitrogens with one attached hydrogen (secondary N) is 1. The van der Waals surface area contributed by atoms with Gasteiger partial charge in [0.1, 0.15) is 6.04 Å². The Labute approximate surface area is 104 Å². The molecule has 0 fully saturated rings. The van der Waals surface area contributed by atoms with Gasteiger partial charge in [-0.3, -0.25) is 9.59 Å². The molecule has 3 N–H and O–H groups in total. The number of carbonyl (C=O) groups excluding carboxylic acids is 3. The summed E-state index contributed by atoms with van der Waals surface area (Å²) in [6, 6.07) is 8.11. The second kappa shape index (κ2) is 6.39. The Kier molecular flexibility index (Phi) is 4.86. The van der Waals surface area contributed by atoms with Gasteiger partial charge in [-0.05, 0) is 5.56 Å². The smallest absolute Gasteiger partial charge is 0.328 e. The standard InChI is InChI=1S/C12H14N2O4/c1-18-12(17)9(14-11(16)10(13)15)7-8-5-3-2-4-6-8/h2-6,9H,7H2,1H3,(H2,13,15)(H,14,16)/t9-/m0/s1. The monoisotopic (exact) mass is 250 g/mol. The molecule has 0 aliphatic rings. The number of esters is 1. The first-order valence-electron chi connectivity index (χ1n) is 5.26. The van der Waals surface area contributed by atoms with Gasteiger partial charge in [-0.15, -0.1) is 0 Å². The van der Waals surface area contributed by atoms with Crippen molar-refractivity contribution in [3.05, 3.63) is 35.9 Å². The van der Waals surface area contributed by atoms with Gasteiger partial charge in [0.2, 0.25) is 0 Å². The van der Waals surface area contributed by atoms with Crippen LogP contribution < -0.4 is 11.1 Å². The molecule has 0 aromatic heterocycles. The predicted molar refractivity (Wildman–Crippen MR) is 63.3 cm³/mol. The Balaban J connectivity index is 2.76. The van der Waals surface area contributed by atoms with Gasteiger partial charge in [0.15, 0.2) is 0 Å². The molecule has 1 atom stereocenters. The quantitative estimate of drug-likeness (QED) is 0.549. The third-order valence-corrected chi connectivity index (χ3v) is 2.30. The van der Waals surface area contributed by atoms with E-state index in [1.54, 1.807) is 24.3 Å². The molecule has 18 heavy (non-hydrogen) atoms. The number of methoxy groups -OCH3 is 1. The van der Waals surface area contributed by atoms with Crippen LogP contribution in [-0.2, 0) is 25.5 Å². The molecule has 0 heterocycles. The second-order valence-corrected chi connectivity index (χ2v) is 3.60. The summed E-state index contributed by atoms with van der Waals surface area (Å²) in [6.45, 7) is 0. The Bertz CT molecular complexity index is 445. The summed E-state index contributed by atoms with van der Waals surface area (Å²) in [5.41, 5.74) is 5.65. The Morgan fingerprint density at radius 1 is 1.28 bits per heavy atom. The molecule has 6 nitrogen and oxygen atoms in total. The van der Waals surface area contributed by atoms with Gasteiger partial charge in [-0.1, -0.05) is 30.3 Å². The number of hydrogen-bond acceptors (Lipinski definition) is 4.